The highest BCUT2D eigenvalue weighted by molar-refractivity contribution is 9.10. The minimum absolute atomic E-state index is 0. The highest BCUT2D eigenvalue weighted by Crippen LogP contribution is 2.21. The van der Waals surface area contributed by atoms with Gasteiger partial charge in [-0.2, -0.15) is 0 Å². The quantitative estimate of drug-likeness (QED) is 0.650. The molecule has 0 unspecified atom stereocenters. The fourth-order valence-electron chi connectivity index (χ4n) is 0.841. The van der Waals surface area contributed by atoms with Gasteiger partial charge in [0.2, 0.25) is 0 Å². The van der Waals surface area contributed by atoms with Crippen molar-refractivity contribution in [2.45, 2.75) is 6.54 Å². The van der Waals surface area contributed by atoms with Crippen LogP contribution in [0.15, 0.2) is 27.7 Å². The molecule has 4 N–H and O–H groups in total. The number of rotatable bonds is 2. The first kappa shape index (κ1) is 13.5. The Morgan fingerprint density at radius 2 is 2.07 bits per heavy atom. The molecule has 0 atom stereocenters. The molecule has 78 valence electrons. The zero-order chi connectivity index (χ0) is 9.84. The van der Waals surface area contributed by atoms with Gasteiger partial charge in [-0.1, -0.05) is 27.5 Å². The van der Waals surface area contributed by atoms with Gasteiger partial charge in [-0.3, -0.25) is 0 Å². The van der Waals surface area contributed by atoms with Gasteiger partial charge in [0.05, 0.1) is 6.54 Å². The van der Waals surface area contributed by atoms with Crippen LogP contribution < -0.4 is 11.5 Å². The summed E-state index contributed by atoms with van der Waals surface area (Å²) in [4.78, 5) is 3.86. The van der Waals surface area contributed by atoms with E-state index in [0.717, 1.165) is 10.0 Å². The summed E-state index contributed by atoms with van der Waals surface area (Å²) >= 11 is 9.24. The normalized spacial score (nSPS) is 9.00. The van der Waals surface area contributed by atoms with Crippen molar-refractivity contribution in [3.05, 3.63) is 33.3 Å². The van der Waals surface area contributed by atoms with E-state index in [1.165, 1.54) is 0 Å². The molecule has 1 aromatic carbocycles. The molecule has 0 saturated carbocycles. The van der Waals surface area contributed by atoms with Crippen LogP contribution in [0.1, 0.15) is 5.56 Å². The lowest BCUT2D eigenvalue weighted by Gasteiger charge is -2.01. The van der Waals surface area contributed by atoms with Crippen molar-refractivity contribution >= 4 is 45.9 Å². The first-order valence-corrected chi connectivity index (χ1v) is 4.76. The molecule has 0 radical (unpaired) electrons. The second kappa shape index (κ2) is 6.11. The van der Waals surface area contributed by atoms with Crippen LogP contribution in [-0.2, 0) is 6.54 Å². The second-order valence-corrected chi connectivity index (χ2v) is 3.80. The van der Waals surface area contributed by atoms with Gasteiger partial charge in [0.15, 0.2) is 5.96 Å². The Bertz CT molecular complexity index is 337. The average molecular weight is 299 g/mol. The summed E-state index contributed by atoms with van der Waals surface area (Å²) in [5.74, 6) is 0.0658. The number of nitrogens with zero attached hydrogens (tertiary/aromatic N) is 1. The van der Waals surface area contributed by atoms with Crippen LogP contribution in [0, 0.1) is 0 Å². The standard InChI is InChI=1S/C8H9BrClN3.ClH/c9-6-1-2-7(10)5(3-6)4-13-8(11)12;/h1-3H,4H2,(H4,11,12,13);1H. The molecular formula is C8H10BrCl2N3. The topological polar surface area (TPSA) is 64.4 Å². The third-order valence-electron chi connectivity index (χ3n) is 1.44. The zero-order valence-corrected chi connectivity index (χ0v) is 10.4. The largest absolute Gasteiger partial charge is 0.370 e. The lowest BCUT2D eigenvalue weighted by molar-refractivity contribution is 1.05. The average Bonchev–Trinajstić information content (AvgIpc) is 2.06. The Hall–Kier alpha value is -0.450. The maximum absolute atomic E-state index is 5.91. The molecule has 0 aliphatic heterocycles. The molecule has 1 rings (SSSR count). The first-order chi connectivity index (χ1) is 6.09. The molecular weight excluding hydrogens is 289 g/mol. The SMILES string of the molecule is Cl.NC(N)=NCc1cc(Br)ccc1Cl. The Kier molecular flexibility index (Phi) is 5.92. The van der Waals surface area contributed by atoms with E-state index in [-0.39, 0.29) is 18.4 Å². The molecule has 1 aromatic rings. The van der Waals surface area contributed by atoms with Gasteiger partial charge in [-0.05, 0) is 23.8 Å². The number of halogens is 3. The van der Waals surface area contributed by atoms with Crippen molar-refractivity contribution in [3.8, 4) is 0 Å². The number of nitrogens with two attached hydrogens (primary N) is 2. The molecule has 0 heterocycles. The Labute approximate surface area is 102 Å². The van der Waals surface area contributed by atoms with Crippen molar-refractivity contribution in [3.63, 3.8) is 0 Å². The van der Waals surface area contributed by atoms with Crippen molar-refractivity contribution in [1.82, 2.24) is 0 Å². The molecule has 0 aliphatic rings. The lowest BCUT2D eigenvalue weighted by atomic mass is 10.2. The molecule has 0 spiro atoms. The molecule has 0 saturated heterocycles. The summed E-state index contributed by atoms with van der Waals surface area (Å²) in [5, 5.41) is 0.660. The lowest BCUT2D eigenvalue weighted by Crippen LogP contribution is -2.22. The fourth-order valence-corrected chi connectivity index (χ4v) is 1.43. The third-order valence-corrected chi connectivity index (χ3v) is 2.30. The van der Waals surface area contributed by atoms with Crippen molar-refractivity contribution in [2.24, 2.45) is 16.5 Å². The first-order valence-electron chi connectivity index (χ1n) is 3.59. The van der Waals surface area contributed by atoms with E-state index in [4.69, 9.17) is 23.1 Å². The summed E-state index contributed by atoms with van der Waals surface area (Å²) < 4.78 is 0.956. The van der Waals surface area contributed by atoms with Crippen LogP contribution in [0.5, 0.6) is 0 Å². The van der Waals surface area contributed by atoms with Crippen LogP contribution >= 0.6 is 39.9 Å². The van der Waals surface area contributed by atoms with Gasteiger partial charge >= 0.3 is 0 Å². The van der Waals surface area contributed by atoms with Crippen molar-refractivity contribution in [1.29, 1.82) is 0 Å². The van der Waals surface area contributed by atoms with Crippen LogP contribution in [0.2, 0.25) is 5.02 Å². The fraction of sp³-hybridized carbons (Fsp3) is 0.125. The molecule has 0 fully saturated rings. The van der Waals surface area contributed by atoms with Gasteiger partial charge in [-0.25, -0.2) is 4.99 Å². The maximum atomic E-state index is 5.91. The van der Waals surface area contributed by atoms with Gasteiger partial charge in [-0.15, -0.1) is 12.4 Å². The van der Waals surface area contributed by atoms with Gasteiger partial charge in [0.25, 0.3) is 0 Å². The van der Waals surface area contributed by atoms with Crippen LogP contribution in [0.25, 0.3) is 0 Å². The molecule has 3 nitrogen and oxygen atoms in total. The molecule has 0 aromatic heterocycles. The molecule has 6 heteroatoms. The summed E-state index contributed by atoms with van der Waals surface area (Å²) in [6, 6.07) is 5.54. The summed E-state index contributed by atoms with van der Waals surface area (Å²) in [7, 11) is 0. The van der Waals surface area contributed by atoms with E-state index in [9.17, 15) is 0 Å². The summed E-state index contributed by atoms with van der Waals surface area (Å²) in [6.07, 6.45) is 0. The van der Waals surface area contributed by atoms with E-state index in [0.29, 0.717) is 11.6 Å². The maximum Gasteiger partial charge on any atom is 0.186 e. The van der Waals surface area contributed by atoms with E-state index in [2.05, 4.69) is 20.9 Å². The zero-order valence-electron chi connectivity index (χ0n) is 7.21. The molecule has 0 amide bonds. The van der Waals surface area contributed by atoms with Gasteiger partial charge in [0.1, 0.15) is 0 Å². The molecule has 0 bridgehead atoms. The van der Waals surface area contributed by atoms with Gasteiger partial charge < -0.3 is 11.5 Å². The highest BCUT2D eigenvalue weighted by atomic mass is 79.9. The van der Waals surface area contributed by atoms with E-state index in [1.54, 1.807) is 6.07 Å². The smallest absolute Gasteiger partial charge is 0.186 e. The van der Waals surface area contributed by atoms with Crippen LogP contribution in [-0.4, -0.2) is 5.96 Å². The van der Waals surface area contributed by atoms with Crippen molar-refractivity contribution in [2.75, 3.05) is 0 Å². The molecule has 14 heavy (non-hydrogen) atoms. The van der Waals surface area contributed by atoms with E-state index in [1.807, 2.05) is 12.1 Å². The Morgan fingerprint density at radius 3 is 2.64 bits per heavy atom. The second-order valence-electron chi connectivity index (χ2n) is 2.48. The Balaban J connectivity index is 0.00000169. The highest BCUT2D eigenvalue weighted by Gasteiger charge is 1.99. The number of benzene rings is 1. The Morgan fingerprint density at radius 1 is 1.43 bits per heavy atom. The van der Waals surface area contributed by atoms with Crippen molar-refractivity contribution < 1.29 is 0 Å². The number of aliphatic imine (C=N–C) groups is 1. The summed E-state index contributed by atoms with van der Waals surface area (Å²) in [6.45, 7) is 0.403. The van der Waals surface area contributed by atoms with Gasteiger partial charge in [0, 0.05) is 9.50 Å². The van der Waals surface area contributed by atoms with Crippen LogP contribution in [0.3, 0.4) is 0 Å². The molecule has 0 aliphatic carbocycles. The minimum atomic E-state index is 0. The van der Waals surface area contributed by atoms with Crippen LogP contribution in [0.4, 0.5) is 0 Å². The number of hydrogen-bond acceptors (Lipinski definition) is 1. The third kappa shape index (κ3) is 4.17. The monoisotopic (exact) mass is 297 g/mol. The summed E-state index contributed by atoms with van der Waals surface area (Å²) in [5.41, 5.74) is 11.3. The number of guanidine groups is 1. The van der Waals surface area contributed by atoms with E-state index < -0.39 is 0 Å². The number of hydrogen-bond donors (Lipinski definition) is 2. The predicted molar refractivity (Wildman–Crippen MR) is 65.9 cm³/mol. The van der Waals surface area contributed by atoms with E-state index >= 15 is 0 Å². The minimum Gasteiger partial charge on any atom is -0.370 e. The predicted octanol–water partition coefficient (Wildman–Crippen LogP) is 2.30.